The average Bonchev–Trinajstić information content (AvgIpc) is 2.48. The monoisotopic (exact) mass is 317 g/mol. The molecule has 0 bridgehead atoms. The van der Waals surface area contributed by atoms with E-state index in [-0.39, 0.29) is 0 Å². The van der Waals surface area contributed by atoms with Crippen LogP contribution in [0.1, 0.15) is 46.0 Å². The quantitative estimate of drug-likeness (QED) is 0.758. The molecule has 1 atom stereocenters. The van der Waals surface area contributed by atoms with Gasteiger partial charge in [-0.1, -0.05) is 13.8 Å². The molecule has 2 fully saturated rings. The van der Waals surface area contributed by atoms with E-state index in [4.69, 9.17) is 0 Å². The second kappa shape index (κ2) is 7.90. The van der Waals surface area contributed by atoms with E-state index in [1.807, 2.05) is 0 Å². The molecule has 2 rings (SSSR count). The Hall–Kier alpha value is -0.170. The number of nitrogens with zero attached hydrogens (tertiary/aromatic N) is 2. The fourth-order valence-electron chi connectivity index (χ4n) is 3.26. The highest BCUT2D eigenvalue weighted by Gasteiger charge is 2.34. The van der Waals surface area contributed by atoms with Gasteiger partial charge in [0.25, 0.3) is 10.2 Å². The molecule has 2 heterocycles. The molecular formula is C15H31N3O2S. The zero-order chi connectivity index (χ0) is 15.3. The fraction of sp³-hybridized carbons (Fsp3) is 1.00. The van der Waals surface area contributed by atoms with Gasteiger partial charge in [0.1, 0.15) is 0 Å². The van der Waals surface area contributed by atoms with Crippen molar-refractivity contribution in [3.8, 4) is 0 Å². The summed E-state index contributed by atoms with van der Waals surface area (Å²) in [6.07, 6.45) is 5.24. The van der Waals surface area contributed by atoms with Crippen molar-refractivity contribution in [2.45, 2.75) is 46.0 Å². The van der Waals surface area contributed by atoms with E-state index < -0.39 is 10.2 Å². The number of piperidine rings is 2. The van der Waals surface area contributed by atoms with Crippen LogP contribution in [0.15, 0.2) is 0 Å². The predicted octanol–water partition coefficient (Wildman–Crippen LogP) is 1.67. The van der Waals surface area contributed by atoms with Crippen molar-refractivity contribution >= 4 is 10.2 Å². The van der Waals surface area contributed by atoms with Gasteiger partial charge in [0, 0.05) is 26.2 Å². The van der Waals surface area contributed by atoms with E-state index >= 15 is 0 Å². The third-order valence-electron chi connectivity index (χ3n) is 4.74. The predicted molar refractivity (Wildman–Crippen MR) is 86.3 cm³/mol. The van der Waals surface area contributed by atoms with Crippen molar-refractivity contribution in [1.29, 1.82) is 0 Å². The lowest BCUT2D eigenvalue weighted by molar-refractivity contribution is 0.223. The summed E-state index contributed by atoms with van der Waals surface area (Å²) in [5.41, 5.74) is 0. The first-order valence-electron chi connectivity index (χ1n) is 8.50. The first-order chi connectivity index (χ1) is 10.0. The van der Waals surface area contributed by atoms with E-state index in [1.54, 1.807) is 8.61 Å². The molecule has 2 aliphatic heterocycles. The van der Waals surface area contributed by atoms with E-state index in [0.29, 0.717) is 38.0 Å². The summed E-state index contributed by atoms with van der Waals surface area (Å²) >= 11 is 0. The Morgan fingerprint density at radius 3 is 2.48 bits per heavy atom. The lowest BCUT2D eigenvalue weighted by Crippen LogP contribution is -2.51. The molecule has 1 N–H and O–H groups in total. The van der Waals surface area contributed by atoms with Crippen LogP contribution in [0.3, 0.4) is 0 Å². The van der Waals surface area contributed by atoms with Crippen molar-refractivity contribution in [2.24, 2.45) is 11.8 Å². The molecule has 0 saturated carbocycles. The minimum absolute atomic E-state index is 0.462. The number of nitrogens with one attached hydrogen (secondary N) is 1. The van der Waals surface area contributed by atoms with Gasteiger partial charge < -0.3 is 5.32 Å². The molecule has 21 heavy (non-hydrogen) atoms. The summed E-state index contributed by atoms with van der Waals surface area (Å²) in [6.45, 7) is 9.09. The van der Waals surface area contributed by atoms with E-state index in [9.17, 15) is 8.42 Å². The second-order valence-electron chi connectivity index (χ2n) is 6.66. The van der Waals surface area contributed by atoms with Crippen LogP contribution in [0.25, 0.3) is 0 Å². The molecule has 6 heteroatoms. The normalized spacial score (nSPS) is 27.0. The van der Waals surface area contributed by atoms with Crippen LogP contribution in [-0.2, 0) is 10.2 Å². The summed E-state index contributed by atoms with van der Waals surface area (Å²) in [6, 6.07) is 0. The van der Waals surface area contributed by atoms with Crippen LogP contribution >= 0.6 is 0 Å². The van der Waals surface area contributed by atoms with Gasteiger partial charge in [-0.2, -0.15) is 17.0 Å². The van der Waals surface area contributed by atoms with Gasteiger partial charge in [-0.25, -0.2) is 0 Å². The molecule has 0 radical (unpaired) electrons. The minimum atomic E-state index is -3.23. The maximum absolute atomic E-state index is 12.8. The summed E-state index contributed by atoms with van der Waals surface area (Å²) in [5.74, 6) is 1.12. The molecule has 0 aromatic rings. The molecule has 1 unspecified atom stereocenters. The van der Waals surface area contributed by atoms with E-state index in [0.717, 1.165) is 45.2 Å². The SMILES string of the molecule is CCCNCC1CCCN(S(=O)(=O)N2CCC(C)CC2)C1. The Bertz CT molecular complexity index is 405. The van der Waals surface area contributed by atoms with Crippen LogP contribution in [0.5, 0.6) is 0 Å². The number of hydrogen-bond donors (Lipinski definition) is 1. The van der Waals surface area contributed by atoms with Crippen LogP contribution in [0.2, 0.25) is 0 Å². The van der Waals surface area contributed by atoms with Crippen molar-refractivity contribution < 1.29 is 8.42 Å². The topological polar surface area (TPSA) is 52.7 Å². The molecule has 0 aliphatic carbocycles. The third-order valence-corrected chi connectivity index (χ3v) is 6.74. The van der Waals surface area contributed by atoms with Gasteiger partial charge in [-0.15, -0.1) is 0 Å². The lowest BCUT2D eigenvalue weighted by Gasteiger charge is -2.37. The molecular weight excluding hydrogens is 286 g/mol. The molecule has 0 aromatic heterocycles. The van der Waals surface area contributed by atoms with Crippen LogP contribution in [0, 0.1) is 11.8 Å². The summed E-state index contributed by atoms with van der Waals surface area (Å²) in [5, 5.41) is 3.43. The third kappa shape index (κ3) is 4.65. The van der Waals surface area contributed by atoms with Crippen LogP contribution < -0.4 is 5.32 Å². The van der Waals surface area contributed by atoms with Gasteiger partial charge in [-0.05, 0) is 57.0 Å². The molecule has 0 aromatic carbocycles. The first-order valence-corrected chi connectivity index (χ1v) is 9.89. The molecule has 124 valence electrons. The molecule has 0 amide bonds. The summed E-state index contributed by atoms with van der Waals surface area (Å²) in [4.78, 5) is 0. The Balaban J connectivity index is 1.90. The largest absolute Gasteiger partial charge is 0.316 e. The fourth-order valence-corrected chi connectivity index (χ4v) is 5.02. The van der Waals surface area contributed by atoms with Gasteiger partial charge in [-0.3, -0.25) is 0 Å². The maximum atomic E-state index is 12.8. The molecule has 2 aliphatic rings. The minimum Gasteiger partial charge on any atom is -0.316 e. The standard InChI is InChI=1S/C15H31N3O2S/c1-3-8-16-12-15-5-4-9-18(13-15)21(19,20)17-10-6-14(2)7-11-17/h14-16H,3-13H2,1-2H3. The Morgan fingerprint density at radius 1 is 1.10 bits per heavy atom. The Labute approximate surface area is 130 Å². The van der Waals surface area contributed by atoms with Crippen molar-refractivity contribution in [3.63, 3.8) is 0 Å². The molecule has 5 nitrogen and oxygen atoms in total. The van der Waals surface area contributed by atoms with E-state index in [2.05, 4.69) is 19.2 Å². The highest BCUT2D eigenvalue weighted by atomic mass is 32.2. The summed E-state index contributed by atoms with van der Waals surface area (Å²) in [7, 11) is -3.23. The highest BCUT2D eigenvalue weighted by Crippen LogP contribution is 2.24. The van der Waals surface area contributed by atoms with Crippen molar-refractivity contribution in [1.82, 2.24) is 13.9 Å². The molecule has 0 spiro atoms. The van der Waals surface area contributed by atoms with Crippen LogP contribution in [-0.4, -0.2) is 56.3 Å². The number of rotatable bonds is 6. The van der Waals surface area contributed by atoms with Gasteiger partial charge in [0.05, 0.1) is 0 Å². The maximum Gasteiger partial charge on any atom is 0.281 e. The van der Waals surface area contributed by atoms with Crippen molar-refractivity contribution in [3.05, 3.63) is 0 Å². The highest BCUT2D eigenvalue weighted by molar-refractivity contribution is 7.86. The van der Waals surface area contributed by atoms with Gasteiger partial charge >= 0.3 is 0 Å². The second-order valence-corrected chi connectivity index (χ2v) is 8.59. The molecule has 2 saturated heterocycles. The average molecular weight is 317 g/mol. The van der Waals surface area contributed by atoms with E-state index in [1.165, 1.54) is 0 Å². The smallest absolute Gasteiger partial charge is 0.281 e. The lowest BCUT2D eigenvalue weighted by atomic mass is 10.00. The van der Waals surface area contributed by atoms with Gasteiger partial charge in [0.15, 0.2) is 0 Å². The van der Waals surface area contributed by atoms with Crippen LogP contribution in [0.4, 0.5) is 0 Å². The number of hydrogen-bond acceptors (Lipinski definition) is 3. The zero-order valence-electron chi connectivity index (χ0n) is 13.6. The van der Waals surface area contributed by atoms with Gasteiger partial charge in [0.2, 0.25) is 0 Å². The zero-order valence-corrected chi connectivity index (χ0v) is 14.4. The van der Waals surface area contributed by atoms with Crippen molar-refractivity contribution in [2.75, 3.05) is 39.3 Å². The first kappa shape index (κ1) is 17.2. The Morgan fingerprint density at radius 2 is 1.81 bits per heavy atom. The summed E-state index contributed by atoms with van der Waals surface area (Å²) < 4.78 is 28.9. The Kier molecular flexibility index (Phi) is 6.47.